The van der Waals surface area contributed by atoms with Gasteiger partial charge in [-0.2, -0.15) is 5.10 Å². The highest BCUT2D eigenvalue weighted by atomic mass is 16.1. The summed E-state index contributed by atoms with van der Waals surface area (Å²) >= 11 is 0. The molecule has 0 saturated carbocycles. The zero-order valence-electron chi connectivity index (χ0n) is 10.2. The van der Waals surface area contributed by atoms with Gasteiger partial charge in [-0.05, 0) is 5.56 Å². The summed E-state index contributed by atoms with van der Waals surface area (Å²) in [5, 5.41) is 6.68. The van der Waals surface area contributed by atoms with E-state index in [2.05, 4.69) is 10.4 Å². The van der Waals surface area contributed by atoms with Crippen LogP contribution in [0, 0.1) is 0 Å². The van der Waals surface area contributed by atoms with Crippen molar-refractivity contribution < 1.29 is 4.79 Å². The zero-order valence-corrected chi connectivity index (χ0v) is 10.2. The Balaban J connectivity index is 2.03. The fourth-order valence-corrected chi connectivity index (χ4v) is 1.53. The van der Waals surface area contributed by atoms with Gasteiger partial charge in [0.05, 0.1) is 6.20 Å². The largest absolute Gasteiger partial charge is 0.358 e. The van der Waals surface area contributed by atoms with Gasteiger partial charge < -0.3 is 5.32 Å². The van der Waals surface area contributed by atoms with E-state index >= 15 is 0 Å². The first-order valence-electron chi connectivity index (χ1n) is 5.74. The van der Waals surface area contributed by atoms with Crippen molar-refractivity contribution in [2.45, 2.75) is 6.54 Å². The molecule has 0 aliphatic heterocycles. The molecule has 18 heavy (non-hydrogen) atoms. The Morgan fingerprint density at radius 2 is 2.00 bits per heavy atom. The first-order valence-corrected chi connectivity index (χ1v) is 5.74. The second-order valence-electron chi connectivity index (χ2n) is 3.89. The lowest BCUT2D eigenvalue weighted by atomic mass is 10.2. The molecule has 0 unspecified atom stereocenters. The normalized spacial score (nSPS) is 10.7. The molecule has 1 aromatic carbocycles. The number of hydrogen-bond acceptors (Lipinski definition) is 2. The van der Waals surface area contributed by atoms with Crippen molar-refractivity contribution in [2.75, 3.05) is 7.05 Å². The molecule has 0 spiro atoms. The molecule has 4 nitrogen and oxygen atoms in total. The highest BCUT2D eigenvalue weighted by Crippen LogP contribution is 2.07. The molecule has 0 saturated heterocycles. The van der Waals surface area contributed by atoms with Crippen molar-refractivity contribution in [3.63, 3.8) is 0 Å². The molecule has 2 rings (SSSR count). The number of benzene rings is 1. The molecular formula is C14H15N3O. The van der Waals surface area contributed by atoms with E-state index in [-0.39, 0.29) is 12.5 Å². The maximum atomic E-state index is 11.2. The number of likely N-dealkylation sites (N-methyl/N-ethyl adjacent to an activating group) is 1. The molecule has 0 aliphatic rings. The molecule has 2 aromatic rings. The molecule has 0 radical (unpaired) electrons. The van der Waals surface area contributed by atoms with Crippen LogP contribution in [-0.4, -0.2) is 22.7 Å². The van der Waals surface area contributed by atoms with Gasteiger partial charge in [-0.25, -0.2) is 0 Å². The minimum atomic E-state index is -0.0586. The number of aromatic nitrogens is 2. The van der Waals surface area contributed by atoms with E-state index in [9.17, 15) is 4.79 Å². The first-order chi connectivity index (χ1) is 8.78. The standard InChI is InChI=1S/C14H15N3O/c1-15-14(18)11-17-10-13(9-16-17)8-7-12-5-3-2-4-6-12/h2-10H,11H2,1H3,(H,15,18)/b8-7+. The predicted octanol–water partition coefficient (Wildman–Crippen LogP) is 1.80. The second kappa shape index (κ2) is 5.82. The topological polar surface area (TPSA) is 46.9 Å². The van der Waals surface area contributed by atoms with Crippen LogP contribution in [0.3, 0.4) is 0 Å². The van der Waals surface area contributed by atoms with Gasteiger partial charge in [-0.1, -0.05) is 42.5 Å². The van der Waals surface area contributed by atoms with E-state index in [1.807, 2.05) is 48.7 Å². The van der Waals surface area contributed by atoms with Crippen LogP contribution in [0.2, 0.25) is 0 Å². The summed E-state index contributed by atoms with van der Waals surface area (Å²) in [6.07, 6.45) is 7.57. The third-order valence-electron chi connectivity index (χ3n) is 2.51. The maximum Gasteiger partial charge on any atom is 0.241 e. The third kappa shape index (κ3) is 3.31. The van der Waals surface area contributed by atoms with E-state index in [1.165, 1.54) is 0 Å². The SMILES string of the molecule is CNC(=O)Cn1cc(/C=C/c2ccccc2)cn1. The van der Waals surface area contributed by atoms with Crippen LogP contribution in [-0.2, 0) is 11.3 Å². The number of nitrogens with zero attached hydrogens (tertiary/aromatic N) is 2. The molecule has 1 amide bonds. The van der Waals surface area contributed by atoms with Crippen LogP contribution in [0.1, 0.15) is 11.1 Å². The predicted molar refractivity (Wildman–Crippen MR) is 71.7 cm³/mol. The van der Waals surface area contributed by atoms with Gasteiger partial charge in [-0.3, -0.25) is 9.48 Å². The lowest BCUT2D eigenvalue weighted by molar-refractivity contribution is -0.121. The van der Waals surface area contributed by atoms with Crippen molar-refractivity contribution in [2.24, 2.45) is 0 Å². The van der Waals surface area contributed by atoms with Gasteiger partial charge in [0.1, 0.15) is 6.54 Å². The van der Waals surface area contributed by atoms with Gasteiger partial charge in [0.15, 0.2) is 0 Å². The molecule has 0 atom stereocenters. The summed E-state index contributed by atoms with van der Waals surface area (Å²) in [5.74, 6) is -0.0586. The second-order valence-corrected chi connectivity index (χ2v) is 3.89. The molecule has 1 N–H and O–H groups in total. The number of amides is 1. The third-order valence-corrected chi connectivity index (χ3v) is 2.51. The minimum absolute atomic E-state index is 0.0586. The minimum Gasteiger partial charge on any atom is -0.358 e. The van der Waals surface area contributed by atoms with Gasteiger partial charge in [0.25, 0.3) is 0 Å². The van der Waals surface area contributed by atoms with Crippen LogP contribution in [0.15, 0.2) is 42.7 Å². The van der Waals surface area contributed by atoms with Gasteiger partial charge in [0.2, 0.25) is 5.91 Å². The monoisotopic (exact) mass is 241 g/mol. The Labute approximate surface area is 106 Å². The van der Waals surface area contributed by atoms with E-state index in [1.54, 1.807) is 17.9 Å². The van der Waals surface area contributed by atoms with Crippen molar-refractivity contribution in [1.82, 2.24) is 15.1 Å². The number of carbonyl (C=O) groups is 1. The Morgan fingerprint density at radius 3 is 2.72 bits per heavy atom. The summed E-state index contributed by atoms with van der Waals surface area (Å²) in [5.41, 5.74) is 2.11. The average Bonchev–Trinajstić information content (AvgIpc) is 2.85. The zero-order chi connectivity index (χ0) is 12.8. The van der Waals surface area contributed by atoms with Gasteiger partial charge in [-0.15, -0.1) is 0 Å². The average molecular weight is 241 g/mol. The summed E-state index contributed by atoms with van der Waals surface area (Å²) in [6, 6.07) is 10.0. The fourth-order valence-electron chi connectivity index (χ4n) is 1.53. The molecule has 1 aromatic heterocycles. The highest BCUT2D eigenvalue weighted by Gasteiger charge is 2.00. The lowest BCUT2D eigenvalue weighted by Crippen LogP contribution is -2.23. The quantitative estimate of drug-likeness (QED) is 0.887. The molecule has 92 valence electrons. The Hall–Kier alpha value is -2.36. The summed E-state index contributed by atoms with van der Waals surface area (Å²) in [4.78, 5) is 11.2. The molecule has 0 bridgehead atoms. The molecule has 4 heteroatoms. The van der Waals surface area contributed by atoms with Crippen molar-refractivity contribution >= 4 is 18.1 Å². The number of nitrogens with one attached hydrogen (secondary N) is 1. The Morgan fingerprint density at radius 1 is 1.28 bits per heavy atom. The Kier molecular flexibility index (Phi) is 3.91. The van der Waals surface area contributed by atoms with Crippen LogP contribution < -0.4 is 5.32 Å². The summed E-state index contributed by atoms with van der Waals surface area (Å²) in [7, 11) is 1.61. The lowest BCUT2D eigenvalue weighted by Gasteiger charge is -1.98. The van der Waals surface area contributed by atoms with Crippen LogP contribution >= 0.6 is 0 Å². The number of hydrogen-bond donors (Lipinski definition) is 1. The van der Waals surface area contributed by atoms with Crippen LogP contribution in [0.25, 0.3) is 12.2 Å². The van der Waals surface area contributed by atoms with Gasteiger partial charge in [0, 0.05) is 18.8 Å². The molecule has 0 fully saturated rings. The van der Waals surface area contributed by atoms with Crippen molar-refractivity contribution in [3.05, 3.63) is 53.9 Å². The van der Waals surface area contributed by atoms with E-state index in [0.717, 1.165) is 11.1 Å². The molecular weight excluding hydrogens is 226 g/mol. The molecule has 1 heterocycles. The van der Waals surface area contributed by atoms with Crippen molar-refractivity contribution in [3.8, 4) is 0 Å². The van der Waals surface area contributed by atoms with E-state index in [4.69, 9.17) is 0 Å². The number of carbonyl (C=O) groups excluding carboxylic acids is 1. The Bertz CT molecular complexity index is 543. The fraction of sp³-hybridized carbons (Fsp3) is 0.143. The number of rotatable bonds is 4. The summed E-state index contributed by atoms with van der Waals surface area (Å²) in [6.45, 7) is 0.246. The smallest absolute Gasteiger partial charge is 0.241 e. The molecule has 0 aliphatic carbocycles. The van der Waals surface area contributed by atoms with Crippen LogP contribution in [0.4, 0.5) is 0 Å². The first kappa shape index (κ1) is 12.1. The maximum absolute atomic E-state index is 11.2. The van der Waals surface area contributed by atoms with Gasteiger partial charge >= 0.3 is 0 Å². The van der Waals surface area contributed by atoms with Crippen molar-refractivity contribution in [1.29, 1.82) is 0 Å². The van der Waals surface area contributed by atoms with E-state index in [0.29, 0.717) is 0 Å². The highest BCUT2D eigenvalue weighted by molar-refractivity contribution is 5.75. The van der Waals surface area contributed by atoms with Crippen LogP contribution in [0.5, 0.6) is 0 Å². The summed E-state index contributed by atoms with van der Waals surface area (Å²) < 4.78 is 1.61. The van der Waals surface area contributed by atoms with E-state index < -0.39 is 0 Å².